The zero-order valence-electron chi connectivity index (χ0n) is 11.4. The van der Waals surface area contributed by atoms with Gasteiger partial charge in [0.2, 0.25) is 0 Å². The van der Waals surface area contributed by atoms with E-state index in [0.29, 0.717) is 12.5 Å². The quantitative estimate of drug-likeness (QED) is 0.918. The molecule has 0 aliphatic heterocycles. The predicted molar refractivity (Wildman–Crippen MR) is 78.1 cm³/mol. The summed E-state index contributed by atoms with van der Waals surface area (Å²) in [6.45, 7) is 8.02. The Hall–Kier alpha value is -1.27. The number of hydrogen-bond donors (Lipinski definition) is 1. The van der Waals surface area contributed by atoms with Crippen molar-refractivity contribution in [3.63, 3.8) is 0 Å². The van der Waals surface area contributed by atoms with E-state index < -0.39 is 0 Å². The van der Waals surface area contributed by atoms with Gasteiger partial charge in [0.25, 0.3) is 0 Å². The zero-order valence-corrected chi connectivity index (χ0v) is 13.0. The fourth-order valence-corrected chi connectivity index (χ4v) is 2.00. The van der Waals surface area contributed by atoms with E-state index in [2.05, 4.69) is 63.6 Å². The second-order valence-corrected chi connectivity index (χ2v) is 5.82. The van der Waals surface area contributed by atoms with Crippen molar-refractivity contribution in [1.29, 1.82) is 0 Å². The fraction of sp³-hybridized carbons (Fsp3) is 0.462. The highest BCUT2D eigenvalue weighted by Gasteiger charge is 2.09. The number of halogens is 1. The zero-order chi connectivity index (χ0) is 13.8. The highest BCUT2D eigenvalue weighted by molar-refractivity contribution is 9.10. The molecule has 2 rings (SSSR count). The summed E-state index contributed by atoms with van der Waals surface area (Å²) >= 11 is 3.50. The van der Waals surface area contributed by atoms with Gasteiger partial charge in [0.05, 0.1) is 12.2 Å². The maximum absolute atomic E-state index is 4.07. The average molecular weight is 324 g/mol. The molecule has 0 unspecified atom stereocenters. The number of rotatable bonds is 5. The Bertz CT molecular complexity index is 550. The van der Waals surface area contributed by atoms with Crippen molar-refractivity contribution in [2.75, 3.05) is 6.54 Å². The minimum atomic E-state index is 0.610. The first-order chi connectivity index (χ1) is 9.08. The van der Waals surface area contributed by atoms with Gasteiger partial charge in [-0.25, -0.2) is 0 Å². The monoisotopic (exact) mass is 323 g/mol. The highest BCUT2D eigenvalue weighted by Crippen LogP contribution is 2.19. The van der Waals surface area contributed by atoms with Crippen LogP contribution in [0.15, 0.2) is 22.7 Å². The van der Waals surface area contributed by atoms with E-state index >= 15 is 0 Å². The summed E-state index contributed by atoms with van der Waals surface area (Å²) in [5.41, 5.74) is 2.14. The van der Waals surface area contributed by atoms with Gasteiger partial charge < -0.3 is 5.32 Å². The van der Waals surface area contributed by atoms with Gasteiger partial charge in [-0.05, 0) is 53.6 Å². The van der Waals surface area contributed by atoms with E-state index in [1.165, 1.54) is 0 Å². The van der Waals surface area contributed by atoms with E-state index in [0.717, 1.165) is 28.1 Å². The lowest BCUT2D eigenvalue weighted by atomic mass is 10.2. The molecule has 0 saturated carbocycles. The van der Waals surface area contributed by atoms with Gasteiger partial charge in [0.1, 0.15) is 0 Å². The molecule has 102 valence electrons. The first-order valence-corrected chi connectivity index (χ1v) is 7.11. The van der Waals surface area contributed by atoms with Gasteiger partial charge in [-0.2, -0.15) is 4.68 Å². The molecule has 1 aromatic carbocycles. The molecule has 0 fully saturated rings. The van der Waals surface area contributed by atoms with Crippen LogP contribution in [0.5, 0.6) is 0 Å². The molecule has 0 aliphatic rings. The van der Waals surface area contributed by atoms with Crippen molar-refractivity contribution in [2.45, 2.75) is 27.3 Å². The third-order valence-corrected chi connectivity index (χ3v) is 3.65. The predicted octanol–water partition coefficient (Wildman–Crippen LogP) is 2.48. The lowest BCUT2D eigenvalue weighted by Gasteiger charge is -2.08. The smallest absolute Gasteiger partial charge is 0.170 e. The van der Waals surface area contributed by atoms with Crippen LogP contribution in [0.1, 0.15) is 25.2 Å². The summed E-state index contributed by atoms with van der Waals surface area (Å²) in [6.07, 6.45) is 0. The van der Waals surface area contributed by atoms with Gasteiger partial charge in [-0.15, -0.1) is 5.10 Å². The standard InChI is InChI=1S/C13H18BrN5/c1-9(2)7-15-8-13-16-17-18-19(13)11-4-5-12(14)10(3)6-11/h4-6,9,15H,7-8H2,1-3H3. The minimum absolute atomic E-state index is 0.610. The Balaban J connectivity index is 2.16. The molecule has 0 aliphatic carbocycles. The summed E-state index contributed by atoms with van der Waals surface area (Å²) < 4.78 is 2.86. The molecule has 5 nitrogen and oxygen atoms in total. The Morgan fingerprint density at radius 2 is 2.16 bits per heavy atom. The minimum Gasteiger partial charge on any atom is -0.310 e. The van der Waals surface area contributed by atoms with Crippen LogP contribution >= 0.6 is 15.9 Å². The number of aryl methyl sites for hydroxylation is 1. The molecule has 1 N–H and O–H groups in total. The molecule has 0 radical (unpaired) electrons. The molecule has 6 heteroatoms. The number of tetrazole rings is 1. The van der Waals surface area contributed by atoms with Crippen molar-refractivity contribution in [3.8, 4) is 5.69 Å². The van der Waals surface area contributed by atoms with Crippen LogP contribution < -0.4 is 5.32 Å². The van der Waals surface area contributed by atoms with Gasteiger partial charge in [-0.3, -0.25) is 0 Å². The number of benzene rings is 1. The highest BCUT2D eigenvalue weighted by atomic mass is 79.9. The number of hydrogen-bond acceptors (Lipinski definition) is 4. The third-order valence-electron chi connectivity index (χ3n) is 2.76. The van der Waals surface area contributed by atoms with Crippen LogP contribution in [0.4, 0.5) is 0 Å². The first-order valence-electron chi connectivity index (χ1n) is 6.32. The molecule has 1 aromatic heterocycles. The van der Waals surface area contributed by atoms with Gasteiger partial charge in [0.15, 0.2) is 5.82 Å². The third kappa shape index (κ3) is 3.61. The lowest BCUT2D eigenvalue weighted by molar-refractivity contribution is 0.537. The van der Waals surface area contributed by atoms with Crippen molar-refractivity contribution < 1.29 is 0 Å². The van der Waals surface area contributed by atoms with Crippen LogP contribution in [-0.2, 0) is 6.54 Å². The summed E-state index contributed by atoms with van der Waals surface area (Å²) in [7, 11) is 0. The molecule has 0 saturated heterocycles. The number of aromatic nitrogens is 4. The second kappa shape index (κ2) is 6.25. The van der Waals surface area contributed by atoms with E-state index in [-0.39, 0.29) is 0 Å². The Labute approximate surface area is 121 Å². The summed E-state index contributed by atoms with van der Waals surface area (Å²) in [4.78, 5) is 0. The maximum Gasteiger partial charge on any atom is 0.170 e. The van der Waals surface area contributed by atoms with E-state index in [4.69, 9.17) is 0 Å². The molecule has 0 amide bonds. The maximum atomic E-state index is 4.07. The van der Waals surface area contributed by atoms with Crippen molar-refractivity contribution in [1.82, 2.24) is 25.5 Å². The SMILES string of the molecule is Cc1cc(-n2nnnc2CNCC(C)C)ccc1Br. The van der Waals surface area contributed by atoms with Crippen molar-refractivity contribution in [2.24, 2.45) is 5.92 Å². The van der Waals surface area contributed by atoms with Gasteiger partial charge in [0, 0.05) is 4.47 Å². The second-order valence-electron chi connectivity index (χ2n) is 4.97. The van der Waals surface area contributed by atoms with Crippen molar-refractivity contribution in [3.05, 3.63) is 34.1 Å². The summed E-state index contributed by atoms with van der Waals surface area (Å²) in [5.74, 6) is 1.43. The lowest BCUT2D eigenvalue weighted by Crippen LogP contribution is -2.21. The van der Waals surface area contributed by atoms with Crippen molar-refractivity contribution >= 4 is 15.9 Å². The first kappa shape index (κ1) is 14.1. The molecule has 19 heavy (non-hydrogen) atoms. The van der Waals surface area contributed by atoms with Gasteiger partial charge >= 0.3 is 0 Å². The topological polar surface area (TPSA) is 55.6 Å². The van der Waals surface area contributed by atoms with Crippen LogP contribution in [0.3, 0.4) is 0 Å². The van der Waals surface area contributed by atoms with Crippen LogP contribution in [-0.4, -0.2) is 26.8 Å². The molecule has 0 atom stereocenters. The van der Waals surface area contributed by atoms with Crippen LogP contribution in [0.2, 0.25) is 0 Å². The summed E-state index contributed by atoms with van der Waals surface area (Å²) in [5, 5.41) is 15.2. The molecular weight excluding hydrogens is 306 g/mol. The van der Waals surface area contributed by atoms with E-state index in [1.807, 2.05) is 12.1 Å². The molecule has 0 spiro atoms. The molecule has 2 aromatic rings. The average Bonchev–Trinajstić information content (AvgIpc) is 2.80. The summed E-state index contributed by atoms with van der Waals surface area (Å²) in [6, 6.07) is 6.07. The number of nitrogens with zero attached hydrogens (tertiary/aromatic N) is 4. The molecule has 0 bridgehead atoms. The largest absolute Gasteiger partial charge is 0.310 e. The molecule has 1 heterocycles. The Kier molecular flexibility index (Phi) is 4.66. The molecular formula is C13H18BrN5. The van der Waals surface area contributed by atoms with Gasteiger partial charge in [-0.1, -0.05) is 29.8 Å². The van der Waals surface area contributed by atoms with E-state index in [9.17, 15) is 0 Å². The fourth-order valence-electron chi connectivity index (χ4n) is 1.75. The van der Waals surface area contributed by atoms with Crippen LogP contribution in [0.25, 0.3) is 5.69 Å². The van der Waals surface area contributed by atoms with Crippen LogP contribution in [0, 0.1) is 12.8 Å². The normalized spacial score (nSPS) is 11.2. The Morgan fingerprint density at radius 1 is 1.37 bits per heavy atom. The Morgan fingerprint density at radius 3 is 2.84 bits per heavy atom. The number of nitrogens with one attached hydrogen (secondary N) is 1. The van der Waals surface area contributed by atoms with E-state index in [1.54, 1.807) is 4.68 Å².